The lowest BCUT2D eigenvalue weighted by Gasteiger charge is -2.04. The van der Waals surface area contributed by atoms with Gasteiger partial charge in [0.15, 0.2) is 0 Å². The molecular weight excluding hydrogens is 118 g/mol. The predicted octanol–water partition coefficient (Wildman–Crippen LogP) is 1.56. The fourth-order valence-corrected chi connectivity index (χ4v) is 0.821. The molecule has 0 heterocycles. The van der Waals surface area contributed by atoms with Gasteiger partial charge in [-0.15, -0.1) is 0 Å². The fourth-order valence-electron chi connectivity index (χ4n) is 0.553. The van der Waals surface area contributed by atoms with Gasteiger partial charge in [-0.1, -0.05) is 6.92 Å². The van der Waals surface area contributed by atoms with Gasteiger partial charge in [0.2, 0.25) is 0 Å². The summed E-state index contributed by atoms with van der Waals surface area (Å²) in [4.78, 5) is 0. The zero-order valence-corrected chi connectivity index (χ0v) is 6.28. The minimum absolute atomic E-state index is 0.310. The van der Waals surface area contributed by atoms with Crippen LogP contribution in [0, 0.1) is 0 Å². The maximum absolute atomic E-state index is 5.27. The Morgan fingerprint density at radius 1 is 1.88 bits per heavy atom. The Bertz CT molecular complexity index is 86.5. The highest BCUT2D eigenvalue weighted by molar-refractivity contribution is 7.81. The van der Waals surface area contributed by atoms with E-state index in [9.17, 15) is 0 Å². The molecule has 8 heavy (non-hydrogen) atoms. The van der Waals surface area contributed by atoms with Crippen LogP contribution in [-0.4, -0.2) is 5.25 Å². The molecule has 48 valence electrons. The Kier molecular flexibility index (Phi) is 3.79. The smallest absolute Gasteiger partial charge is 0.0215 e. The third-order valence-corrected chi connectivity index (χ3v) is 1.49. The molecule has 0 aromatic carbocycles. The van der Waals surface area contributed by atoms with E-state index in [-0.39, 0.29) is 0 Å². The second-order valence-electron chi connectivity index (χ2n) is 1.77. The van der Waals surface area contributed by atoms with Crippen LogP contribution in [0.1, 0.15) is 20.3 Å². The Hall–Kier alpha value is -0.110. The Balaban J connectivity index is 3.72. The lowest BCUT2D eigenvalue weighted by molar-refractivity contribution is 0.988. The molecule has 1 atom stereocenters. The maximum atomic E-state index is 5.27. The van der Waals surface area contributed by atoms with Gasteiger partial charge >= 0.3 is 0 Å². The summed E-state index contributed by atoms with van der Waals surface area (Å²) in [5.41, 5.74) is 6.48. The highest BCUT2D eigenvalue weighted by Crippen LogP contribution is 2.09. The summed E-state index contributed by atoms with van der Waals surface area (Å²) in [5.74, 6) is 0. The summed E-state index contributed by atoms with van der Waals surface area (Å²) in [6, 6.07) is 0. The first-order valence-electron chi connectivity index (χ1n) is 2.81. The standard InChI is InChI=1S/C6H13NS/c1-3-6(4-7)5(2)8/h4-5,8H,3,7H2,1-2H3/b6-4+. The highest BCUT2D eigenvalue weighted by Gasteiger charge is 1.97. The number of nitrogens with two attached hydrogens (primary N) is 1. The van der Waals surface area contributed by atoms with Crippen LogP contribution >= 0.6 is 12.6 Å². The average molecular weight is 131 g/mol. The van der Waals surface area contributed by atoms with Crippen LogP contribution in [0.15, 0.2) is 11.8 Å². The summed E-state index contributed by atoms with van der Waals surface area (Å²) in [5, 5.41) is 0.310. The molecular formula is C6H13NS. The van der Waals surface area contributed by atoms with E-state index < -0.39 is 0 Å². The van der Waals surface area contributed by atoms with Gasteiger partial charge in [0.1, 0.15) is 0 Å². The van der Waals surface area contributed by atoms with Gasteiger partial charge in [-0.2, -0.15) is 12.6 Å². The van der Waals surface area contributed by atoms with E-state index in [0.717, 1.165) is 6.42 Å². The first-order chi connectivity index (χ1) is 3.72. The Morgan fingerprint density at radius 3 is 2.38 bits per heavy atom. The average Bonchev–Trinajstić information content (AvgIpc) is 1.69. The molecule has 0 saturated carbocycles. The van der Waals surface area contributed by atoms with Crippen LogP contribution in [0.25, 0.3) is 0 Å². The molecule has 0 saturated heterocycles. The van der Waals surface area contributed by atoms with Crippen molar-refractivity contribution >= 4 is 12.6 Å². The van der Waals surface area contributed by atoms with Crippen LogP contribution < -0.4 is 5.73 Å². The maximum Gasteiger partial charge on any atom is 0.0215 e. The second-order valence-corrected chi connectivity index (χ2v) is 2.55. The number of thiol groups is 1. The van der Waals surface area contributed by atoms with E-state index in [1.54, 1.807) is 6.20 Å². The van der Waals surface area contributed by atoms with Crippen molar-refractivity contribution in [2.45, 2.75) is 25.5 Å². The largest absolute Gasteiger partial charge is 0.405 e. The van der Waals surface area contributed by atoms with Gasteiger partial charge in [-0.25, -0.2) is 0 Å². The summed E-state index contributed by atoms with van der Waals surface area (Å²) in [7, 11) is 0. The minimum Gasteiger partial charge on any atom is -0.405 e. The van der Waals surface area contributed by atoms with E-state index in [0.29, 0.717) is 5.25 Å². The quantitative estimate of drug-likeness (QED) is 0.546. The second kappa shape index (κ2) is 3.84. The molecule has 0 aliphatic carbocycles. The van der Waals surface area contributed by atoms with Crippen LogP contribution in [0.2, 0.25) is 0 Å². The molecule has 1 unspecified atom stereocenters. The SMILES string of the molecule is CC/C(=C\N)C(C)S. The first kappa shape index (κ1) is 7.89. The van der Waals surface area contributed by atoms with Crippen LogP contribution in [0.4, 0.5) is 0 Å². The monoisotopic (exact) mass is 131 g/mol. The van der Waals surface area contributed by atoms with Crippen molar-refractivity contribution in [3.63, 3.8) is 0 Å². The summed E-state index contributed by atoms with van der Waals surface area (Å²) in [6.07, 6.45) is 2.64. The summed E-state index contributed by atoms with van der Waals surface area (Å²) >= 11 is 4.20. The van der Waals surface area contributed by atoms with Crippen molar-refractivity contribution in [1.82, 2.24) is 0 Å². The van der Waals surface area contributed by atoms with Crippen LogP contribution in [0.3, 0.4) is 0 Å². The number of rotatable bonds is 2. The van der Waals surface area contributed by atoms with E-state index >= 15 is 0 Å². The first-order valence-corrected chi connectivity index (χ1v) is 3.32. The van der Waals surface area contributed by atoms with Gasteiger partial charge in [-0.3, -0.25) is 0 Å². The van der Waals surface area contributed by atoms with Gasteiger partial charge in [0.25, 0.3) is 0 Å². The molecule has 2 heteroatoms. The van der Waals surface area contributed by atoms with E-state index in [1.807, 2.05) is 6.92 Å². The molecule has 0 aromatic rings. The third kappa shape index (κ3) is 2.26. The van der Waals surface area contributed by atoms with Crippen molar-refractivity contribution < 1.29 is 0 Å². The molecule has 0 radical (unpaired) electrons. The predicted molar refractivity (Wildman–Crippen MR) is 41.0 cm³/mol. The van der Waals surface area contributed by atoms with Crippen LogP contribution in [-0.2, 0) is 0 Å². The molecule has 0 aliphatic rings. The zero-order chi connectivity index (χ0) is 6.57. The Labute approximate surface area is 56.4 Å². The lowest BCUT2D eigenvalue weighted by Crippen LogP contribution is -1.98. The van der Waals surface area contributed by atoms with Crippen LogP contribution in [0.5, 0.6) is 0 Å². The van der Waals surface area contributed by atoms with Gasteiger partial charge in [-0.05, 0) is 25.1 Å². The topological polar surface area (TPSA) is 26.0 Å². The van der Waals surface area contributed by atoms with Crippen molar-refractivity contribution in [1.29, 1.82) is 0 Å². The van der Waals surface area contributed by atoms with E-state index in [1.165, 1.54) is 5.57 Å². The molecule has 0 aromatic heterocycles. The number of hydrogen-bond donors (Lipinski definition) is 2. The molecule has 2 N–H and O–H groups in total. The molecule has 1 nitrogen and oxygen atoms in total. The van der Waals surface area contributed by atoms with Crippen molar-refractivity contribution in [3.8, 4) is 0 Å². The van der Waals surface area contributed by atoms with Gasteiger partial charge in [0, 0.05) is 5.25 Å². The minimum atomic E-state index is 0.310. The van der Waals surface area contributed by atoms with Gasteiger partial charge in [0.05, 0.1) is 0 Å². The summed E-state index contributed by atoms with van der Waals surface area (Å²) in [6.45, 7) is 4.09. The molecule has 0 spiro atoms. The fraction of sp³-hybridized carbons (Fsp3) is 0.667. The van der Waals surface area contributed by atoms with E-state index in [4.69, 9.17) is 5.73 Å². The van der Waals surface area contributed by atoms with Crippen molar-refractivity contribution in [2.75, 3.05) is 0 Å². The zero-order valence-electron chi connectivity index (χ0n) is 5.39. The van der Waals surface area contributed by atoms with Gasteiger partial charge < -0.3 is 5.73 Å². The summed E-state index contributed by atoms with van der Waals surface area (Å²) < 4.78 is 0. The molecule has 0 rings (SSSR count). The molecule has 0 fully saturated rings. The lowest BCUT2D eigenvalue weighted by atomic mass is 10.2. The normalized spacial score (nSPS) is 16.1. The molecule has 0 bridgehead atoms. The Morgan fingerprint density at radius 2 is 2.38 bits per heavy atom. The van der Waals surface area contributed by atoms with Crippen molar-refractivity contribution in [3.05, 3.63) is 11.8 Å². The number of hydrogen-bond acceptors (Lipinski definition) is 2. The third-order valence-electron chi connectivity index (χ3n) is 1.16. The highest BCUT2D eigenvalue weighted by atomic mass is 32.1. The molecule has 0 aliphatic heterocycles. The molecule has 0 amide bonds. The van der Waals surface area contributed by atoms with E-state index in [2.05, 4.69) is 19.6 Å². The van der Waals surface area contributed by atoms with Crippen molar-refractivity contribution in [2.24, 2.45) is 5.73 Å².